The molecule has 88 valence electrons. The molecule has 0 amide bonds. The van der Waals surface area contributed by atoms with Gasteiger partial charge >= 0.3 is 0 Å². The van der Waals surface area contributed by atoms with E-state index in [0.29, 0.717) is 28.4 Å². The lowest BCUT2D eigenvalue weighted by molar-refractivity contribution is 0.0977. The summed E-state index contributed by atoms with van der Waals surface area (Å²) in [7, 11) is 4.22. The van der Waals surface area contributed by atoms with Gasteiger partial charge in [-0.15, -0.1) is 9.24 Å². The van der Waals surface area contributed by atoms with Crippen LogP contribution in [-0.2, 0) is 0 Å². The number of halogens is 1. The maximum absolute atomic E-state index is 12.0. The van der Waals surface area contributed by atoms with E-state index in [1.165, 1.54) is 0 Å². The molecule has 1 rings (SSSR count). The van der Waals surface area contributed by atoms with Crippen molar-refractivity contribution in [3.8, 4) is 5.75 Å². The van der Waals surface area contributed by atoms with Crippen LogP contribution < -0.4 is 4.74 Å². The van der Waals surface area contributed by atoms with Gasteiger partial charge in [0.25, 0.3) is 0 Å². The van der Waals surface area contributed by atoms with E-state index in [1.807, 2.05) is 0 Å². The van der Waals surface area contributed by atoms with Crippen LogP contribution in [0.3, 0.4) is 0 Å². The van der Waals surface area contributed by atoms with Gasteiger partial charge in [-0.1, -0.05) is 24.6 Å². The fourth-order valence-electron chi connectivity index (χ4n) is 1.43. The van der Waals surface area contributed by atoms with Crippen LogP contribution in [0, 0.1) is 0 Å². The van der Waals surface area contributed by atoms with Crippen LogP contribution in [0.15, 0.2) is 18.2 Å². The van der Waals surface area contributed by atoms with Gasteiger partial charge in [0.2, 0.25) is 0 Å². The van der Waals surface area contributed by atoms with Crippen molar-refractivity contribution in [3.63, 3.8) is 0 Å². The molecule has 1 aromatic carbocycles. The highest BCUT2D eigenvalue weighted by atomic mass is 35.5. The second-order valence-electron chi connectivity index (χ2n) is 3.76. The van der Waals surface area contributed by atoms with Crippen molar-refractivity contribution in [2.24, 2.45) is 0 Å². The first-order chi connectivity index (χ1) is 7.56. The number of ketones is 1. The number of carbonyl (C=O) groups is 1. The molecule has 0 radical (unpaired) electrons. The number of hydrogen-bond acceptors (Lipinski definition) is 2. The van der Waals surface area contributed by atoms with Crippen LogP contribution in [0.1, 0.15) is 30.1 Å². The fraction of sp³-hybridized carbons (Fsp3) is 0.417. The lowest BCUT2D eigenvalue weighted by Crippen LogP contribution is -2.05. The third-order valence-corrected chi connectivity index (χ3v) is 2.95. The summed E-state index contributed by atoms with van der Waals surface area (Å²) in [6.45, 7) is 2.06. The quantitative estimate of drug-likeness (QED) is 0.596. The molecule has 0 heterocycles. The van der Waals surface area contributed by atoms with Gasteiger partial charge in [-0.2, -0.15) is 0 Å². The summed E-state index contributed by atoms with van der Waals surface area (Å²) in [5.41, 5.74) is 0.926. The normalized spacial score (nSPS) is 12.2. The molecule has 0 spiro atoms. The summed E-state index contributed by atoms with van der Waals surface area (Å²) in [5, 5.41) is 0.459. The molecule has 0 aliphatic rings. The first kappa shape index (κ1) is 13.5. The van der Waals surface area contributed by atoms with Gasteiger partial charge in [0.15, 0.2) is 5.78 Å². The van der Waals surface area contributed by atoms with Crippen LogP contribution in [0.4, 0.5) is 0 Å². The van der Waals surface area contributed by atoms with Gasteiger partial charge in [0.1, 0.15) is 5.75 Å². The Morgan fingerprint density at radius 3 is 2.81 bits per heavy atom. The molecule has 4 heteroatoms. The molecule has 0 aliphatic carbocycles. The molecule has 2 nitrogen and oxygen atoms in total. The van der Waals surface area contributed by atoms with Crippen molar-refractivity contribution >= 4 is 26.6 Å². The Labute approximate surface area is 104 Å². The number of benzene rings is 1. The van der Waals surface area contributed by atoms with Gasteiger partial charge in [-0.05, 0) is 24.2 Å². The summed E-state index contributed by atoms with van der Waals surface area (Å²) >= 11 is 6.01. The van der Waals surface area contributed by atoms with Crippen LogP contribution in [0.5, 0.6) is 5.75 Å². The number of ether oxygens (including phenoxy) is 1. The van der Waals surface area contributed by atoms with E-state index in [1.54, 1.807) is 25.3 Å². The lowest BCUT2D eigenvalue weighted by atomic mass is 10.0. The Kier molecular flexibility index (Phi) is 5.24. The van der Waals surface area contributed by atoms with Crippen LogP contribution in [-0.4, -0.2) is 18.6 Å². The molecule has 0 bridgehead atoms. The first-order valence-corrected chi connectivity index (χ1v) is 6.22. The summed E-state index contributed by atoms with van der Waals surface area (Å²) in [5.74, 6) is 0.589. The summed E-state index contributed by atoms with van der Waals surface area (Å²) in [6, 6.07) is 5.24. The molecule has 2 unspecified atom stereocenters. The van der Waals surface area contributed by atoms with Gasteiger partial charge in [-0.3, -0.25) is 4.79 Å². The molecular weight excluding hydrogens is 243 g/mol. The molecule has 16 heavy (non-hydrogen) atoms. The Morgan fingerprint density at radius 2 is 2.25 bits per heavy atom. The minimum atomic E-state index is 0.0387. The van der Waals surface area contributed by atoms with Crippen molar-refractivity contribution < 1.29 is 9.53 Å². The Hall–Kier alpha value is -0.590. The van der Waals surface area contributed by atoms with Gasteiger partial charge in [-0.25, -0.2) is 0 Å². The third kappa shape index (κ3) is 3.47. The number of Topliss-reactive ketones (excluding diaryl/α,β-unsaturated/α-hetero) is 1. The minimum absolute atomic E-state index is 0.0387. The maximum Gasteiger partial charge on any atom is 0.168 e. The van der Waals surface area contributed by atoms with E-state index in [9.17, 15) is 4.79 Å². The molecule has 2 atom stereocenters. The SMILES string of the molecule is COc1cccc(Cl)c1C(=O)CCC(C)P. The molecule has 0 aliphatic heterocycles. The average Bonchev–Trinajstić information content (AvgIpc) is 2.25. The highest BCUT2D eigenvalue weighted by Crippen LogP contribution is 2.28. The summed E-state index contributed by atoms with van der Waals surface area (Å²) < 4.78 is 5.14. The average molecular weight is 259 g/mol. The van der Waals surface area contributed by atoms with Crippen LogP contribution >= 0.6 is 20.8 Å². The van der Waals surface area contributed by atoms with E-state index >= 15 is 0 Å². The van der Waals surface area contributed by atoms with Crippen molar-refractivity contribution in [1.29, 1.82) is 0 Å². The molecule has 0 saturated carbocycles. The Balaban J connectivity index is 2.89. The summed E-state index contributed by atoms with van der Waals surface area (Å²) in [4.78, 5) is 12.0. The van der Waals surface area contributed by atoms with E-state index in [4.69, 9.17) is 16.3 Å². The van der Waals surface area contributed by atoms with E-state index in [0.717, 1.165) is 6.42 Å². The van der Waals surface area contributed by atoms with Gasteiger partial charge < -0.3 is 4.74 Å². The molecule has 1 aromatic rings. The van der Waals surface area contributed by atoms with Gasteiger partial charge in [0.05, 0.1) is 17.7 Å². The zero-order chi connectivity index (χ0) is 12.1. The summed E-state index contributed by atoms with van der Waals surface area (Å²) in [6.07, 6.45) is 1.32. The van der Waals surface area contributed by atoms with Gasteiger partial charge in [0, 0.05) is 6.42 Å². The second-order valence-corrected chi connectivity index (χ2v) is 5.30. The molecule has 0 aromatic heterocycles. The van der Waals surface area contributed by atoms with Crippen molar-refractivity contribution in [2.75, 3.05) is 7.11 Å². The molecule has 0 saturated heterocycles. The molecule has 0 fully saturated rings. The van der Waals surface area contributed by atoms with Crippen molar-refractivity contribution in [3.05, 3.63) is 28.8 Å². The van der Waals surface area contributed by atoms with E-state index < -0.39 is 0 Å². The van der Waals surface area contributed by atoms with Crippen LogP contribution in [0.2, 0.25) is 5.02 Å². The predicted octanol–water partition coefficient (Wildman–Crippen LogP) is 3.58. The van der Waals surface area contributed by atoms with E-state index in [-0.39, 0.29) is 5.78 Å². The minimum Gasteiger partial charge on any atom is -0.496 e. The monoisotopic (exact) mass is 258 g/mol. The Morgan fingerprint density at radius 1 is 1.56 bits per heavy atom. The largest absolute Gasteiger partial charge is 0.496 e. The fourth-order valence-corrected chi connectivity index (χ4v) is 1.87. The van der Waals surface area contributed by atoms with E-state index in [2.05, 4.69) is 16.2 Å². The maximum atomic E-state index is 12.0. The Bertz CT molecular complexity index is 377. The smallest absolute Gasteiger partial charge is 0.168 e. The zero-order valence-corrected chi connectivity index (χ0v) is 11.4. The number of carbonyl (C=O) groups excluding carboxylic acids is 1. The lowest BCUT2D eigenvalue weighted by Gasteiger charge is -2.10. The third-order valence-electron chi connectivity index (χ3n) is 2.30. The topological polar surface area (TPSA) is 26.3 Å². The standard InChI is InChI=1S/C12H16ClO2P/c1-8(16)6-7-10(14)12-9(13)4-3-5-11(12)15-2/h3-5,8H,6-7,16H2,1-2H3. The highest BCUT2D eigenvalue weighted by molar-refractivity contribution is 7.17. The predicted molar refractivity (Wildman–Crippen MR) is 70.7 cm³/mol. The van der Waals surface area contributed by atoms with Crippen molar-refractivity contribution in [2.45, 2.75) is 25.4 Å². The number of rotatable bonds is 5. The van der Waals surface area contributed by atoms with Crippen LogP contribution in [0.25, 0.3) is 0 Å². The molecular formula is C12H16ClO2P. The second kappa shape index (κ2) is 6.22. The number of methoxy groups -OCH3 is 1. The highest BCUT2D eigenvalue weighted by Gasteiger charge is 2.16. The van der Waals surface area contributed by atoms with Crippen molar-refractivity contribution in [1.82, 2.24) is 0 Å². The number of hydrogen-bond donors (Lipinski definition) is 0. The molecule has 0 N–H and O–H groups in total. The zero-order valence-electron chi connectivity index (χ0n) is 9.50. The first-order valence-electron chi connectivity index (χ1n) is 5.17.